The van der Waals surface area contributed by atoms with Gasteiger partial charge in [-0.2, -0.15) is 0 Å². The number of nitrogens with zero attached hydrogens (tertiary/aromatic N) is 1. The summed E-state index contributed by atoms with van der Waals surface area (Å²) in [7, 11) is 1.56. The van der Waals surface area contributed by atoms with Gasteiger partial charge in [0.1, 0.15) is 6.61 Å². The Hall–Kier alpha value is -3.02. The number of rotatable bonds is 6. The van der Waals surface area contributed by atoms with E-state index in [0.29, 0.717) is 23.8 Å². The molecule has 0 aliphatic carbocycles. The number of aliphatic carboxylic acids is 1. The second kappa shape index (κ2) is 6.84. The van der Waals surface area contributed by atoms with Crippen molar-refractivity contribution in [1.82, 2.24) is 0 Å². The largest absolute Gasteiger partial charge is 0.493 e. The number of carbonyl (C=O) groups is 1. The summed E-state index contributed by atoms with van der Waals surface area (Å²) in [6, 6.07) is 15.2. The maximum Gasteiger partial charge on any atom is 0.351 e. The zero-order valence-electron chi connectivity index (χ0n) is 14.1. The highest BCUT2D eigenvalue weighted by Crippen LogP contribution is 2.32. The Balaban J connectivity index is 1.75. The summed E-state index contributed by atoms with van der Waals surface area (Å²) in [4.78, 5) is 16.3. The van der Waals surface area contributed by atoms with E-state index in [1.807, 2.05) is 36.4 Å². The Morgan fingerprint density at radius 3 is 2.64 bits per heavy atom. The van der Waals surface area contributed by atoms with E-state index >= 15 is 0 Å². The van der Waals surface area contributed by atoms with Crippen LogP contribution in [0.25, 0.3) is 0 Å². The molecule has 0 bridgehead atoms. The van der Waals surface area contributed by atoms with Crippen molar-refractivity contribution < 1.29 is 24.2 Å². The molecule has 0 amide bonds. The molecule has 0 aromatic heterocycles. The molecule has 25 heavy (non-hydrogen) atoms. The first-order valence-corrected chi connectivity index (χ1v) is 7.85. The first-order valence-electron chi connectivity index (χ1n) is 7.85. The number of methoxy groups -OCH3 is 1. The van der Waals surface area contributed by atoms with E-state index in [1.54, 1.807) is 19.2 Å². The zero-order valence-corrected chi connectivity index (χ0v) is 14.1. The molecule has 130 valence electrons. The van der Waals surface area contributed by atoms with Gasteiger partial charge in [0.05, 0.1) is 12.8 Å². The van der Waals surface area contributed by atoms with Gasteiger partial charge in [-0.15, -0.1) is 0 Å². The lowest BCUT2D eigenvalue weighted by atomic mass is 9.96. The number of oxime groups is 1. The highest BCUT2D eigenvalue weighted by Gasteiger charge is 2.42. The summed E-state index contributed by atoms with van der Waals surface area (Å²) < 4.78 is 11.2. The third-order valence-electron chi connectivity index (χ3n) is 4.05. The standard InChI is InChI=1S/C19H19NO5/c1-19(18(21)22)11-15(20-25-19)14-8-9-16(17(10-14)23-2)24-12-13-6-4-3-5-7-13/h3-10H,11-12H2,1-2H3,(H,21,22)/t19-/m1/s1. The minimum Gasteiger partial charge on any atom is -0.493 e. The molecule has 2 aromatic carbocycles. The van der Waals surface area contributed by atoms with Gasteiger partial charge in [-0.1, -0.05) is 35.5 Å². The summed E-state index contributed by atoms with van der Waals surface area (Å²) in [6.45, 7) is 1.93. The number of carboxylic acid groups (broad SMARTS) is 1. The zero-order chi connectivity index (χ0) is 17.9. The molecule has 1 heterocycles. The fraction of sp³-hybridized carbons (Fsp3) is 0.263. The fourth-order valence-electron chi connectivity index (χ4n) is 2.51. The molecular formula is C19H19NO5. The van der Waals surface area contributed by atoms with Crippen LogP contribution in [-0.4, -0.2) is 29.5 Å². The average molecular weight is 341 g/mol. The predicted octanol–water partition coefficient (Wildman–Crippen LogP) is 3.24. The van der Waals surface area contributed by atoms with Crippen molar-refractivity contribution in [3.8, 4) is 11.5 Å². The van der Waals surface area contributed by atoms with E-state index in [0.717, 1.165) is 11.1 Å². The second-order valence-electron chi connectivity index (χ2n) is 5.98. The van der Waals surface area contributed by atoms with Crippen molar-refractivity contribution in [2.45, 2.75) is 25.6 Å². The first kappa shape index (κ1) is 16.8. The smallest absolute Gasteiger partial charge is 0.351 e. The monoisotopic (exact) mass is 341 g/mol. The van der Waals surface area contributed by atoms with Gasteiger partial charge in [0, 0.05) is 12.0 Å². The van der Waals surface area contributed by atoms with E-state index < -0.39 is 11.6 Å². The Morgan fingerprint density at radius 1 is 1.24 bits per heavy atom. The maximum atomic E-state index is 11.3. The van der Waals surface area contributed by atoms with Gasteiger partial charge in [-0.3, -0.25) is 0 Å². The minimum absolute atomic E-state index is 0.190. The molecule has 1 aliphatic rings. The predicted molar refractivity (Wildman–Crippen MR) is 92.0 cm³/mol. The van der Waals surface area contributed by atoms with E-state index in [2.05, 4.69) is 5.16 Å². The van der Waals surface area contributed by atoms with E-state index in [1.165, 1.54) is 6.92 Å². The number of hydrogen-bond acceptors (Lipinski definition) is 5. The van der Waals surface area contributed by atoms with E-state index in [-0.39, 0.29) is 6.42 Å². The number of carboxylic acids is 1. The molecule has 0 fully saturated rings. The van der Waals surface area contributed by atoms with Crippen LogP contribution in [0.3, 0.4) is 0 Å². The molecular weight excluding hydrogens is 322 g/mol. The van der Waals surface area contributed by atoms with Crippen molar-refractivity contribution in [3.63, 3.8) is 0 Å². The third kappa shape index (κ3) is 3.57. The molecule has 0 radical (unpaired) electrons. The van der Waals surface area contributed by atoms with E-state index in [9.17, 15) is 9.90 Å². The Labute approximate surface area is 145 Å². The highest BCUT2D eigenvalue weighted by atomic mass is 16.7. The van der Waals surface area contributed by atoms with Gasteiger partial charge in [-0.05, 0) is 30.7 Å². The third-order valence-corrected chi connectivity index (χ3v) is 4.05. The SMILES string of the molecule is COc1cc(C2=NO[C@@](C)(C(=O)O)C2)ccc1OCc1ccccc1. The summed E-state index contributed by atoms with van der Waals surface area (Å²) in [6.07, 6.45) is 0.190. The minimum atomic E-state index is -1.33. The average Bonchev–Trinajstić information content (AvgIpc) is 3.04. The van der Waals surface area contributed by atoms with E-state index in [4.69, 9.17) is 14.3 Å². The Morgan fingerprint density at radius 2 is 2.00 bits per heavy atom. The molecule has 6 heteroatoms. The molecule has 0 spiro atoms. The Bertz CT molecular complexity index is 803. The van der Waals surface area contributed by atoms with Crippen LogP contribution in [0.5, 0.6) is 11.5 Å². The number of benzene rings is 2. The number of ether oxygens (including phenoxy) is 2. The van der Waals surface area contributed by atoms with Crippen molar-refractivity contribution in [2.75, 3.05) is 7.11 Å². The molecule has 0 saturated heterocycles. The van der Waals surface area contributed by atoms with Gasteiger partial charge in [0.25, 0.3) is 0 Å². The lowest BCUT2D eigenvalue weighted by Gasteiger charge is -2.15. The van der Waals surface area contributed by atoms with Gasteiger partial charge in [0.15, 0.2) is 11.5 Å². The Kier molecular flexibility index (Phi) is 4.61. The molecule has 0 saturated carbocycles. The van der Waals surface area contributed by atoms with Gasteiger partial charge >= 0.3 is 5.97 Å². The summed E-state index contributed by atoms with van der Waals surface area (Å²) >= 11 is 0. The van der Waals surface area contributed by atoms with Gasteiger partial charge in [0.2, 0.25) is 5.60 Å². The van der Waals surface area contributed by atoms with Gasteiger partial charge in [-0.25, -0.2) is 4.79 Å². The van der Waals surface area contributed by atoms with Crippen molar-refractivity contribution in [3.05, 3.63) is 59.7 Å². The molecule has 6 nitrogen and oxygen atoms in total. The molecule has 1 N–H and O–H groups in total. The van der Waals surface area contributed by atoms with Crippen LogP contribution in [0.4, 0.5) is 0 Å². The fourth-order valence-corrected chi connectivity index (χ4v) is 2.51. The van der Waals surface area contributed by atoms with Crippen LogP contribution in [0.15, 0.2) is 53.7 Å². The first-order chi connectivity index (χ1) is 12.0. The molecule has 3 rings (SSSR count). The second-order valence-corrected chi connectivity index (χ2v) is 5.98. The van der Waals surface area contributed by atoms with Gasteiger partial charge < -0.3 is 19.4 Å². The highest BCUT2D eigenvalue weighted by molar-refractivity contribution is 6.04. The summed E-state index contributed by atoms with van der Waals surface area (Å²) in [5.41, 5.74) is 1.04. The molecule has 1 atom stereocenters. The van der Waals surface area contributed by atoms with Crippen LogP contribution < -0.4 is 9.47 Å². The van der Waals surface area contributed by atoms with Crippen LogP contribution in [0, 0.1) is 0 Å². The number of hydrogen-bond donors (Lipinski definition) is 1. The van der Waals surface area contributed by atoms with Crippen molar-refractivity contribution >= 4 is 11.7 Å². The summed E-state index contributed by atoms with van der Waals surface area (Å²) in [5.74, 6) is 0.122. The quantitative estimate of drug-likeness (QED) is 0.873. The van der Waals surface area contributed by atoms with Crippen molar-refractivity contribution in [1.29, 1.82) is 0 Å². The molecule has 2 aromatic rings. The summed E-state index contributed by atoms with van der Waals surface area (Å²) in [5, 5.41) is 13.1. The maximum absolute atomic E-state index is 11.3. The topological polar surface area (TPSA) is 77.4 Å². The van der Waals surface area contributed by atoms with Crippen LogP contribution in [0.2, 0.25) is 0 Å². The van der Waals surface area contributed by atoms with Crippen molar-refractivity contribution in [2.24, 2.45) is 5.16 Å². The lowest BCUT2D eigenvalue weighted by Crippen LogP contribution is -2.35. The lowest BCUT2D eigenvalue weighted by molar-refractivity contribution is -0.160. The normalized spacial score (nSPS) is 19.0. The molecule has 0 unspecified atom stereocenters. The van der Waals surface area contributed by atoms with Crippen LogP contribution >= 0.6 is 0 Å². The molecule has 1 aliphatic heterocycles. The van der Waals surface area contributed by atoms with Crippen LogP contribution in [0.1, 0.15) is 24.5 Å². The van der Waals surface area contributed by atoms with Crippen LogP contribution in [-0.2, 0) is 16.2 Å².